The van der Waals surface area contributed by atoms with Crippen LogP contribution in [0.5, 0.6) is 0 Å². The molecular formula is C12H23N. The van der Waals surface area contributed by atoms with Crippen LogP contribution in [0.2, 0.25) is 0 Å². The summed E-state index contributed by atoms with van der Waals surface area (Å²) in [7, 11) is 0. The van der Waals surface area contributed by atoms with Gasteiger partial charge in [-0.15, -0.1) is 0 Å². The fourth-order valence-corrected chi connectivity index (χ4v) is 2.18. The molecule has 0 aromatic carbocycles. The summed E-state index contributed by atoms with van der Waals surface area (Å²) in [6.07, 6.45) is 3.86. The average molecular weight is 181 g/mol. The second-order valence-corrected chi connectivity index (χ2v) is 4.80. The highest BCUT2D eigenvalue weighted by Crippen LogP contribution is 2.19. The van der Waals surface area contributed by atoms with Gasteiger partial charge in [-0.25, -0.2) is 0 Å². The molecule has 0 amide bonds. The molecule has 0 radical (unpaired) electrons. The predicted octanol–water partition coefficient (Wildman–Crippen LogP) is 3.07. The first-order chi connectivity index (χ1) is 6.09. The maximum atomic E-state index is 4.08. The fourth-order valence-electron chi connectivity index (χ4n) is 2.18. The van der Waals surface area contributed by atoms with Gasteiger partial charge in [-0.05, 0) is 38.6 Å². The van der Waals surface area contributed by atoms with Crippen molar-refractivity contribution in [1.29, 1.82) is 0 Å². The normalized spacial score (nSPS) is 22.3. The van der Waals surface area contributed by atoms with Gasteiger partial charge in [-0.1, -0.05) is 26.0 Å². The van der Waals surface area contributed by atoms with Gasteiger partial charge in [0.15, 0.2) is 0 Å². The molecular weight excluding hydrogens is 158 g/mol. The Hall–Kier alpha value is -0.300. The van der Waals surface area contributed by atoms with E-state index in [1.54, 1.807) is 0 Å². The lowest BCUT2D eigenvalue weighted by molar-refractivity contribution is 0.182. The number of hydrogen-bond acceptors (Lipinski definition) is 1. The lowest BCUT2D eigenvalue weighted by Crippen LogP contribution is -2.38. The van der Waals surface area contributed by atoms with Crippen molar-refractivity contribution in [3.8, 4) is 0 Å². The van der Waals surface area contributed by atoms with Crippen LogP contribution >= 0.6 is 0 Å². The monoisotopic (exact) mass is 181 g/mol. The van der Waals surface area contributed by atoms with E-state index in [1.165, 1.54) is 31.4 Å². The van der Waals surface area contributed by atoms with Crippen molar-refractivity contribution >= 4 is 0 Å². The second-order valence-electron chi connectivity index (χ2n) is 4.80. The summed E-state index contributed by atoms with van der Waals surface area (Å²) in [6.45, 7) is 13.4. The molecule has 0 aromatic rings. The quantitative estimate of drug-likeness (QED) is 0.605. The Labute approximate surface area is 82.8 Å². The smallest absolute Gasteiger partial charge is 0.0192 e. The van der Waals surface area contributed by atoms with Gasteiger partial charge in [-0.2, -0.15) is 0 Å². The number of piperidine rings is 1. The van der Waals surface area contributed by atoms with Crippen LogP contribution in [0.25, 0.3) is 0 Å². The summed E-state index contributed by atoms with van der Waals surface area (Å²) >= 11 is 0. The van der Waals surface area contributed by atoms with Crippen molar-refractivity contribution in [2.75, 3.05) is 13.1 Å². The van der Waals surface area contributed by atoms with E-state index in [-0.39, 0.29) is 0 Å². The van der Waals surface area contributed by atoms with Crippen molar-refractivity contribution in [3.63, 3.8) is 0 Å². The minimum absolute atomic E-state index is 0.733. The molecule has 0 spiro atoms. The van der Waals surface area contributed by atoms with Crippen LogP contribution in [0.15, 0.2) is 12.2 Å². The van der Waals surface area contributed by atoms with E-state index in [4.69, 9.17) is 0 Å². The van der Waals surface area contributed by atoms with Crippen LogP contribution in [0.3, 0.4) is 0 Å². The largest absolute Gasteiger partial charge is 0.297 e. The van der Waals surface area contributed by atoms with Gasteiger partial charge >= 0.3 is 0 Å². The Balaban J connectivity index is 2.36. The van der Waals surface area contributed by atoms with Crippen molar-refractivity contribution in [2.45, 2.75) is 46.1 Å². The van der Waals surface area contributed by atoms with Crippen LogP contribution in [0.4, 0.5) is 0 Å². The number of rotatable bonds is 3. The molecule has 13 heavy (non-hydrogen) atoms. The summed E-state index contributed by atoms with van der Waals surface area (Å²) in [5.41, 5.74) is 1.42. The number of likely N-dealkylation sites (tertiary alicyclic amines) is 1. The third kappa shape index (κ3) is 3.51. The Kier molecular flexibility index (Phi) is 3.98. The highest BCUT2D eigenvalue weighted by atomic mass is 15.2. The Morgan fingerprint density at radius 1 is 1.38 bits per heavy atom. The van der Waals surface area contributed by atoms with Crippen molar-refractivity contribution in [2.24, 2.45) is 5.92 Å². The minimum Gasteiger partial charge on any atom is -0.297 e. The molecule has 0 bridgehead atoms. The van der Waals surface area contributed by atoms with E-state index in [0.29, 0.717) is 0 Å². The molecule has 1 heterocycles. The lowest BCUT2D eigenvalue weighted by atomic mass is 9.99. The van der Waals surface area contributed by atoms with Crippen LogP contribution in [-0.2, 0) is 0 Å². The molecule has 1 aliphatic rings. The molecule has 1 saturated heterocycles. The molecule has 1 unspecified atom stereocenters. The van der Waals surface area contributed by atoms with Crippen molar-refractivity contribution < 1.29 is 0 Å². The molecule has 1 nitrogen and oxygen atoms in total. The zero-order chi connectivity index (χ0) is 9.84. The SMILES string of the molecule is C=C1CCCN(C(C)CC(C)C)C1. The molecule has 1 heteroatoms. The molecule has 76 valence electrons. The first kappa shape index (κ1) is 10.8. The molecule has 0 N–H and O–H groups in total. The topological polar surface area (TPSA) is 3.24 Å². The Bertz CT molecular complexity index is 172. The third-order valence-electron chi connectivity index (χ3n) is 2.84. The molecule has 1 fully saturated rings. The highest BCUT2D eigenvalue weighted by Gasteiger charge is 2.18. The Morgan fingerprint density at radius 2 is 2.08 bits per heavy atom. The molecule has 1 rings (SSSR count). The first-order valence-corrected chi connectivity index (χ1v) is 5.50. The van der Waals surface area contributed by atoms with E-state index in [2.05, 4.69) is 32.3 Å². The van der Waals surface area contributed by atoms with Crippen LogP contribution in [0.1, 0.15) is 40.0 Å². The molecule has 0 saturated carbocycles. The zero-order valence-electron chi connectivity index (χ0n) is 9.34. The summed E-state index contributed by atoms with van der Waals surface area (Å²) in [4.78, 5) is 2.58. The molecule has 1 atom stereocenters. The van der Waals surface area contributed by atoms with Gasteiger partial charge in [-0.3, -0.25) is 4.90 Å². The maximum Gasteiger partial charge on any atom is 0.0192 e. The van der Waals surface area contributed by atoms with Crippen LogP contribution in [0, 0.1) is 5.92 Å². The van der Waals surface area contributed by atoms with E-state index < -0.39 is 0 Å². The van der Waals surface area contributed by atoms with Gasteiger partial charge in [0.25, 0.3) is 0 Å². The van der Waals surface area contributed by atoms with Gasteiger partial charge in [0.05, 0.1) is 0 Å². The summed E-state index contributed by atoms with van der Waals surface area (Å²) in [5, 5.41) is 0. The van der Waals surface area contributed by atoms with Crippen molar-refractivity contribution in [3.05, 3.63) is 12.2 Å². The van der Waals surface area contributed by atoms with E-state index in [0.717, 1.165) is 18.5 Å². The highest BCUT2D eigenvalue weighted by molar-refractivity contribution is 5.01. The maximum absolute atomic E-state index is 4.08. The number of nitrogens with zero attached hydrogens (tertiary/aromatic N) is 1. The average Bonchev–Trinajstić information content (AvgIpc) is 2.03. The molecule has 1 aliphatic heterocycles. The van der Waals surface area contributed by atoms with Crippen molar-refractivity contribution in [1.82, 2.24) is 4.90 Å². The summed E-state index contributed by atoms with van der Waals surface area (Å²) in [6, 6.07) is 0.733. The van der Waals surface area contributed by atoms with Gasteiger partial charge in [0.1, 0.15) is 0 Å². The second kappa shape index (κ2) is 4.80. The van der Waals surface area contributed by atoms with Gasteiger partial charge in [0.2, 0.25) is 0 Å². The predicted molar refractivity (Wildman–Crippen MR) is 58.9 cm³/mol. The van der Waals surface area contributed by atoms with Gasteiger partial charge < -0.3 is 0 Å². The Morgan fingerprint density at radius 3 is 2.62 bits per heavy atom. The van der Waals surface area contributed by atoms with E-state index in [1.807, 2.05) is 0 Å². The summed E-state index contributed by atoms with van der Waals surface area (Å²) < 4.78 is 0. The first-order valence-electron chi connectivity index (χ1n) is 5.50. The molecule has 0 aliphatic carbocycles. The van der Waals surface area contributed by atoms with Crippen LogP contribution in [-0.4, -0.2) is 24.0 Å². The summed E-state index contributed by atoms with van der Waals surface area (Å²) in [5.74, 6) is 0.810. The van der Waals surface area contributed by atoms with E-state index in [9.17, 15) is 0 Å². The fraction of sp³-hybridized carbons (Fsp3) is 0.833. The van der Waals surface area contributed by atoms with Crippen LogP contribution < -0.4 is 0 Å². The minimum atomic E-state index is 0.733. The van der Waals surface area contributed by atoms with Gasteiger partial charge in [0, 0.05) is 12.6 Å². The lowest BCUT2D eigenvalue weighted by Gasteiger charge is -2.34. The number of hydrogen-bond donors (Lipinski definition) is 0. The molecule has 0 aromatic heterocycles. The standard InChI is InChI=1S/C12H23N/c1-10(2)8-12(4)13-7-5-6-11(3)9-13/h10,12H,3,5-9H2,1-2,4H3. The third-order valence-corrected chi connectivity index (χ3v) is 2.84. The van der Waals surface area contributed by atoms with E-state index >= 15 is 0 Å². The zero-order valence-corrected chi connectivity index (χ0v) is 9.34.